The van der Waals surface area contributed by atoms with E-state index < -0.39 is 0 Å². The van der Waals surface area contributed by atoms with E-state index in [-0.39, 0.29) is 23.8 Å². The van der Waals surface area contributed by atoms with Crippen molar-refractivity contribution in [2.75, 3.05) is 52.4 Å². The van der Waals surface area contributed by atoms with Crippen molar-refractivity contribution in [2.45, 2.75) is 25.4 Å². The number of anilines is 1. The second-order valence-corrected chi connectivity index (χ2v) is 10.2. The number of para-hydroxylation sites is 1. The molecule has 0 saturated carbocycles. The molecule has 1 fully saturated rings. The Morgan fingerprint density at radius 2 is 1.83 bits per heavy atom. The van der Waals surface area contributed by atoms with Gasteiger partial charge >= 0.3 is 6.03 Å². The molecule has 11 heteroatoms. The van der Waals surface area contributed by atoms with E-state index in [1.54, 1.807) is 37.2 Å². The number of methoxy groups -OCH3 is 2. The number of carbonyl (C=O) groups is 1. The summed E-state index contributed by atoms with van der Waals surface area (Å²) in [6.07, 6.45) is 3.69. The molecule has 2 aromatic carbocycles. The highest BCUT2D eigenvalue weighted by atomic mass is 19.1. The molecular formula is C30H36FN7O3. The Kier molecular flexibility index (Phi) is 9.07. The molecule has 1 saturated heterocycles. The molecule has 2 amide bonds. The molecule has 0 radical (unpaired) electrons. The quantitative estimate of drug-likeness (QED) is 0.287. The van der Waals surface area contributed by atoms with E-state index in [1.165, 1.54) is 6.07 Å². The monoisotopic (exact) mass is 561 g/mol. The molecule has 0 spiro atoms. The van der Waals surface area contributed by atoms with Crippen LogP contribution in [0.2, 0.25) is 0 Å². The summed E-state index contributed by atoms with van der Waals surface area (Å²) in [6.45, 7) is 5.72. The maximum Gasteiger partial charge on any atom is 0.320 e. The van der Waals surface area contributed by atoms with Crippen LogP contribution in [0.4, 0.5) is 15.0 Å². The van der Waals surface area contributed by atoms with Gasteiger partial charge in [0, 0.05) is 57.1 Å². The van der Waals surface area contributed by atoms with Crippen LogP contribution in [0.5, 0.6) is 0 Å². The number of likely N-dealkylation sites (tertiary alicyclic amines) is 1. The van der Waals surface area contributed by atoms with E-state index in [2.05, 4.69) is 20.6 Å². The third-order valence-corrected chi connectivity index (χ3v) is 7.39. The molecule has 10 nitrogen and oxygen atoms in total. The van der Waals surface area contributed by atoms with Crippen molar-refractivity contribution < 1.29 is 18.7 Å². The smallest absolute Gasteiger partial charge is 0.320 e. The molecule has 216 valence electrons. The summed E-state index contributed by atoms with van der Waals surface area (Å²) in [5.74, 6) is 0.202. The van der Waals surface area contributed by atoms with Crippen LogP contribution in [0, 0.1) is 12.7 Å². The van der Waals surface area contributed by atoms with Crippen LogP contribution >= 0.6 is 0 Å². The number of nitrogens with zero attached hydrogens (tertiary/aromatic N) is 5. The van der Waals surface area contributed by atoms with Crippen LogP contribution in [0.1, 0.15) is 17.0 Å². The lowest BCUT2D eigenvalue weighted by atomic mass is 9.94. The van der Waals surface area contributed by atoms with Crippen LogP contribution in [0.3, 0.4) is 0 Å². The Labute approximate surface area is 239 Å². The minimum Gasteiger partial charge on any atom is -0.383 e. The molecule has 1 aliphatic heterocycles. The maximum absolute atomic E-state index is 14.1. The number of hydrogen-bond donors (Lipinski definition) is 2. The predicted molar refractivity (Wildman–Crippen MR) is 155 cm³/mol. The van der Waals surface area contributed by atoms with E-state index >= 15 is 0 Å². The number of rotatable bonds is 11. The topological polar surface area (TPSA) is 98.5 Å². The fourth-order valence-electron chi connectivity index (χ4n) is 5.29. The van der Waals surface area contributed by atoms with Crippen molar-refractivity contribution in [3.05, 3.63) is 83.9 Å². The normalized spacial score (nSPS) is 17.2. The molecule has 2 N–H and O–H groups in total. The number of urea groups is 1. The summed E-state index contributed by atoms with van der Waals surface area (Å²) in [4.78, 5) is 15.8. The summed E-state index contributed by atoms with van der Waals surface area (Å²) >= 11 is 0. The largest absolute Gasteiger partial charge is 0.383 e. The van der Waals surface area contributed by atoms with Gasteiger partial charge in [0.2, 0.25) is 0 Å². The number of amides is 2. The minimum absolute atomic E-state index is 0.0677. The van der Waals surface area contributed by atoms with Gasteiger partial charge in [-0.15, -0.1) is 0 Å². The first kappa shape index (κ1) is 28.5. The molecule has 1 aliphatic rings. The van der Waals surface area contributed by atoms with Gasteiger partial charge < -0.3 is 14.8 Å². The molecular weight excluding hydrogens is 525 g/mol. The Morgan fingerprint density at radius 1 is 1.05 bits per heavy atom. The van der Waals surface area contributed by atoms with Gasteiger partial charge in [-0.3, -0.25) is 14.9 Å². The first-order valence-corrected chi connectivity index (χ1v) is 13.7. The van der Waals surface area contributed by atoms with Crippen LogP contribution in [-0.4, -0.2) is 83.6 Å². The molecule has 0 unspecified atom stereocenters. The molecule has 5 rings (SSSR count). The van der Waals surface area contributed by atoms with E-state index in [9.17, 15) is 9.18 Å². The van der Waals surface area contributed by atoms with Gasteiger partial charge in [-0.25, -0.2) is 13.9 Å². The number of hydrogen-bond acceptors (Lipinski definition) is 6. The maximum atomic E-state index is 14.1. The first-order chi connectivity index (χ1) is 20.0. The number of aromatic nitrogens is 4. The molecule has 0 bridgehead atoms. The van der Waals surface area contributed by atoms with Gasteiger partial charge in [0.1, 0.15) is 17.3 Å². The molecule has 41 heavy (non-hydrogen) atoms. The van der Waals surface area contributed by atoms with Crippen molar-refractivity contribution in [3.63, 3.8) is 0 Å². The van der Waals surface area contributed by atoms with E-state index in [0.717, 1.165) is 34.6 Å². The zero-order valence-electron chi connectivity index (χ0n) is 23.6. The number of ether oxygens (including phenoxy) is 2. The number of benzene rings is 2. The number of halogens is 1. The zero-order valence-corrected chi connectivity index (χ0v) is 23.6. The highest BCUT2D eigenvalue weighted by Crippen LogP contribution is 2.31. The van der Waals surface area contributed by atoms with Crippen molar-refractivity contribution in [1.82, 2.24) is 29.8 Å². The summed E-state index contributed by atoms with van der Waals surface area (Å²) in [5.41, 5.74) is 4.04. The first-order valence-electron chi connectivity index (χ1n) is 13.7. The van der Waals surface area contributed by atoms with Crippen LogP contribution in [0.25, 0.3) is 16.9 Å². The molecule has 2 atom stereocenters. The molecule has 0 aliphatic carbocycles. The van der Waals surface area contributed by atoms with Gasteiger partial charge in [-0.1, -0.05) is 30.3 Å². The van der Waals surface area contributed by atoms with E-state index in [1.807, 2.05) is 54.2 Å². The van der Waals surface area contributed by atoms with Gasteiger partial charge in [-0.05, 0) is 36.8 Å². The second-order valence-electron chi connectivity index (χ2n) is 10.2. The molecule has 4 aromatic rings. The fraction of sp³-hybridized carbons (Fsp3) is 0.367. The Bertz CT molecular complexity index is 1460. The molecule has 3 heterocycles. The predicted octanol–water partition coefficient (Wildman–Crippen LogP) is 4.07. The minimum atomic E-state index is -0.354. The van der Waals surface area contributed by atoms with Crippen LogP contribution in [0.15, 0.2) is 67.0 Å². The summed E-state index contributed by atoms with van der Waals surface area (Å²) in [5, 5.41) is 15.5. The van der Waals surface area contributed by atoms with Crippen molar-refractivity contribution in [1.29, 1.82) is 0 Å². The zero-order chi connectivity index (χ0) is 28.8. The summed E-state index contributed by atoms with van der Waals surface area (Å²) in [7, 11) is 3.32. The summed E-state index contributed by atoms with van der Waals surface area (Å²) in [6, 6.07) is 15.7. The standard InChI is InChI=1S/C30H36FN7O3/c1-21-28(23-17-32-37(18-23)13-15-41-3)35-38(25-10-5-4-6-11-25)29(21)34-30(39)33-27-20-36(12-14-40-2)19-26(27)22-8-7-9-24(31)16-22/h4-11,16-18,26-27H,12-15,19-20H2,1-3H3,(H2,33,34,39)/t26-,27+/m0/s1. The Balaban J connectivity index is 1.40. The highest BCUT2D eigenvalue weighted by Gasteiger charge is 2.35. The number of carbonyl (C=O) groups excluding carboxylic acids is 1. The highest BCUT2D eigenvalue weighted by molar-refractivity contribution is 5.91. The lowest BCUT2D eigenvalue weighted by molar-refractivity contribution is 0.159. The number of nitrogens with one attached hydrogen (secondary N) is 2. The van der Waals surface area contributed by atoms with Gasteiger partial charge in [0.05, 0.1) is 37.7 Å². The second kappa shape index (κ2) is 13.1. The average molecular weight is 562 g/mol. The lowest BCUT2D eigenvalue weighted by Crippen LogP contribution is -2.42. The third-order valence-electron chi connectivity index (χ3n) is 7.39. The fourth-order valence-corrected chi connectivity index (χ4v) is 5.29. The van der Waals surface area contributed by atoms with Crippen molar-refractivity contribution >= 4 is 11.8 Å². The van der Waals surface area contributed by atoms with E-state index in [4.69, 9.17) is 14.6 Å². The van der Waals surface area contributed by atoms with Crippen molar-refractivity contribution in [3.8, 4) is 16.9 Å². The average Bonchev–Trinajstić information content (AvgIpc) is 3.69. The van der Waals surface area contributed by atoms with Crippen LogP contribution < -0.4 is 10.6 Å². The van der Waals surface area contributed by atoms with E-state index in [0.29, 0.717) is 38.7 Å². The van der Waals surface area contributed by atoms with Crippen molar-refractivity contribution in [2.24, 2.45) is 0 Å². The SMILES string of the molecule is COCCN1C[C@@H](NC(=O)Nc2c(C)c(-c3cnn(CCOC)c3)nn2-c2ccccc2)[C@H](c2cccc(F)c2)C1. The Hall–Kier alpha value is -4.06. The lowest BCUT2D eigenvalue weighted by Gasteiger charge is -2.21. The third kappa shape index (κ3) is 6.64. The molecule has 2 aromatic heterocycles. The van der Waals surface area contributed by atoms with Crippen LogP contribution in [-0.2, 0) is 16.0 Å². The van der Waals surface area contributed by atoms with Gasteiger partial charge in [-0.2, -0.15) is 10.2 Å². The van der Waals surface area contributed by atoms with Gasteiger partial charge in [0.15, 0.2) is 0 Å². The Morgan fingerprint density at radius 3 is 2.59 bits per heavy atom. The summed E-state index contributed by atoms with van der Waals surface area (Å²) < 4.78 is 28.1. The van der Waals surface area contributed by atoms with Gasteiger partial charge in [0.25, 0.3) is 0 Å².